The largest absolute Gasteiger partial charge is 0.387 e. The third kappa shape index (κ3) is 4.01. The van der Waals surface area contributed by atoms with E-state index in [-0.39, 0.29) is 13.2 Å². The lowest BCUT2D eigenvalue weighted by Crippen LogP contribution is -2.59. The van der Waals surface area contributed by atoms with Crippen molar-refractivity contribution in [3.8, 4) is 0 Å². The molecule has 5 unspecified atom stereocenters. The van der Waals surface area contributed by atoms with Crippen molar-refractivity contribution >= 4 is 0 Å². The molecule has 1 saturated heterocycles. The van der Waals surface area contributed by atoms with Crippen molar-refractivity contribution in [3.05, 3.63) is 12.7 Å². The van der Waals surface area contributed by atoms with Crippen LogP contribution in [0.15, 0.2) is 12.7 Å². The molecular weight excluding hydrogens is 240 g/mol. The second-order valence-electron chi connectivity index (χ2n) is 4.21. The molecule has 1 heterocycles. The summed E-state index contributed by atoms with van der Waals surface area (Å²) in [5.74, 6) is 0. The van der Waals surface area contributed by atoms with Gasteiger partial charge in [-0.05, 0) is 6.42 Å². The predicted molar refractivity (Wildman–Crippen MR) is 63.9 cm³/mol. The summed E-state index contributed by atoms with van der Waals surface area (Å²) in [5, 5.41) is 29.1. The molecule has 1 aliphatic heterocycles. The second kappa shape index (κ2) is 7.83. The highest BCUT2D eigenvalue weighted by atomic mass is 16.7. The Labute approximate surface area is 107 Å². The first kappa shape index (κ1) is 15.6. The third-order valence-corrected chi connectivity index (χ3v) is 2.68. The monoisotopic (exact) mass is 262 g/mol. The number of aliphatic hydroxyl groups excluding tert-OH is 3. The summed E-state index contributed by atoms with van der Waals surface area (Å²) < 4.78 is 15.8. The molecule has 0 amide bonds. The summed E-state index contributed by atoms with van der Waals surface area (Å²) in [4.78, 5) is 0. The highest BCUT2D eigenvalue weighted by Gasteiger charge is 2.44. The Morgan fingerprint density at radius 1 is 1.22 bits per heavy atom. The van der Waals surface area contributed by atoms with Gasteiger partial charge >= 0.3 is 0 Å². The molecule has 0 saturated carbocycles. The Balaban J connectivity index is 2.53. The average molecular weight is 262 g/mol. The molecule has 0 aromatic heterocycles. The van der Waals surface area contributed by atoms with Crippen molar-refractivity contribution in [3.63, 3.8) is 0 Å². The first-order valence-electron chi connectivity index (χ1n) is 6.11. The van der Waals surface area contributed by atoms with E-state index in [1.54, 1.807) is 0 Å². The number of hydrogen-bond acceptors (Lipinski definition) is 6. The van der Waals surface area contributed by atoms with Crippen molar-refractivity contribution in [2.24, 2.45) is 0 Å². The van der Waals surface area contributed by atoms with Gasteiger partial charge in [-0.1, -0.05) is 13.0 Å². The molecule has 18 heavy (non-hydrogen) atoms. The second-order valence-corrected chi connectivity index (χ2v) is 4.21. The van der Waals surface area contributed by atoms with Gasteiger partial charge in [-0.3, -0.25) is 0 Å². The van der Waals surface area contributed by atoms with E-state index in [1.807, 2.05) is 6.92 Å². The topological polar surface area (TPSA) is 88.4 Å². The Kier molecular flexibility index (Phi) is 6.77. The van der Waals surface area contributed by atoms with E-state index in [0.717, 1.165) is 6.42 Å². The third-order valence-electron chi connectivity index (χ3n) is 2.68. The fraction of sp³-hybridized carbons (Fsp3) is 0.833. The van der Waals surface area contributed by atoms with Crippen molar-refractivity contribution < 1.29 is 29.5 Å². The van der Waals surface area contributed by atoms with Gasteiger partial charge in [0.05, 0.1) is 13.2 Å². The summed E-state index contributed by atoms with van der Waals surface area (Å²) in [7, 11) is 0. The van der Waals surface area contributed by atoms with Gasteiger partial charge in [-0.15, -0.1) is 6.58 Å². The van der Waals surface area contributed by atoms with Gasteiger partial charge in [-0.25, -0.2) is 0 Å². The summed E-state index contributed by atoms with van der Waals surface area (Å²) in [5.41, 5.74) is 0. The predicted octanol–water partition coefficient (Wildman–Crippen LogP) is -0.577. The van der Waals surface area contributed by atoms with E-state index < -0.39 is 30.7 Å². The Hall–Kier alpha value is -0.500. The van der Waals surface area contributed by atoms with Crippen molar-refractivity contribution in [2.75, 3.05) is 19.8 Å². The van der Waals surface area contributed by atoms with Gasteiger partial charge in [-0.2, -0.15) is 0 Å². The number of hydrogen-bond donors (Lipinski definition) is 3. The number of rotatable bonds is 7. The molecule has 5 atom stereocenters. The SMILES string of the molecule is C=CCOC1OC(COCCC)C(O)C(O)C1O. The fourth-order valence-corrected chi connectivity index (χ4v) is 1.70. The van der Waals surface area contributed by atoms with Gasteiger partial charge in [0.15, 0.2) is 6.29 Å². The molecule has 106 valence electrons. The Morgan fingerprint density at radius 2 is 1.94 bits per heavy atom. The van der Waals surface area contributed by atoms with Gasteiger partial charge in [0.25, 0.3) is 0 Å². The van der Waals surface area contributed by atoms with Crippen LogP contribution in [0.4, 0.5) is 0 Å². The molecule has 0 bridgehead atoms. The number of ether oxygens (including phenoxy) is 3. The highest BCUT2D eigenvalue weighted by molar-refractivity contribution is 4.89. The van der Waals surface area contributed by atoms with Crippen LogP contribution in [-0.2, 0) is 14.2 Å². The molecule has 0 radical (unpaired) electrons. The maximum Gasteiger partial charge on any atom is 0.187 e. The molecular formula is C12H22O6. The maximum absolute atomic E-state index is 9.76. The van der Waals surface area contributed by atoms with Crippen molar-refractivity contribution in [1.82, 2.24) is 0 Å². The van der Waals surface area contributed by atoms with Crippen molar-refractivity contribution in [1.29, 1.82) is 0 Å². The van der Waals surface area contributed by atoms with Gasteiger partial charge in [0, 0.05) is 6.61 Å². The Bertz CT molecular complexity index is 247. The molecule has 6 nitrogen and oxygen atoms in total. The van der Waals surface area contributed by atoms with Crippen LogP contribution in [0.5, 0.6) is 0 Å². The molecule has 1 aliphatic rings. The van der Waals surface area contributed by atoms with E-state index in [4.69, 9.17) is 14.2 Å². The lowest BCUT2D eigenvalue weighted by atomic mass is 9.99. The maximum atomic E-state index is 9.76. The molecule has 6 heteroatoms. The zero-order valence-electron chi connectivity index (χ0n) is 10.6. The van der Waals surface area contributed by atoms with Gasteiger partial charge < -0.3 is 29.5 Å². The van der Waals surface area contributed by atoms with Gasteiger partial charge in [0.1, 0.15) is 24.4 Å². The van der Waals surface area contributed by atoms with Crippen LogP contribution in [0.2, 0.25) is 0 Å². The molecule has 0 aromatic carbocycles. The quantitative estimate of drug-likeness (QED) is 0.420. The first-order chi connectivity index (χ1) is 8.61. The normalized spacial score (nSPS) is 36.6. The molecule has 0 spiro atoms. The molecule has 0 aliphatic carbocycles. The molecule has 1 rings (SSSR count). The van der Waals surface area contributed by atoms with E-state index in [2.05, 4.69) is 6.58 Å². The zero-order chi connectivity index (χ0) is 13.5. The van der Waals surface area contributed by atoms with Crippen LogP contribution in [0.1, 0.15) is 13.3 Å². The van der Waals surface area contributed by atoms with E-state index in [1.165, 1.54) is 6.08 Å². The fourth-order valence-electron chi connectivity index (χ4n) is 1.70. The van der Waals surface area contributed by atoms with Crippen LogP contribution < -0.4 is 0 Å². The minimum absolute atomic E-state index is 0.146. The lowest BCUT2D eigenvalue weighted by molar-refractivity contribution is -0.300. The van der Waals surface area contributed by atoms with Crippen LogP contribution >= 0.6 is 0 Å². The summed E-state index contributed by atoms with van der Waals surface area (Å²) in [6.45, 7) is 6.33. The minimum Gasteiger partial charge on any atom is -0.387 e. The summed E-state index contributed by atoms with van der Waals surface area (Å²) >= 11 is 0. The molecule has 3 N–H and O–H groups in total. The smallest absolute Gasteiger partial charge is 0.187 e. The summed E-state index contributed by atoms with van der Waals surface area (Å²) in [6.07, 6.45) is -3.14. The van der Waals surface area contributed by atoms with Crippen LogP contribution in [-0.4, -0.2) is 65.8 Å². The van der Waals surface area contributed by atoms with E-state index in [9.17, 15) is 15.3 Å². The minimum atomic E-state index is -1.32. The molecule has 0 aromatic rings. The standard InChI is InChI=1S/C12H22O6/c1-3-5-16-7-8-9(13)10(14)11(15)12(18-8)17-6-4-2/h4,8-15H,2-3,5-7H2,1H3. The van der Waals surface area contributed by atoms with E-state index >= 15 is 0 Å². The Morgan fingerprint density at radius 3 is 2.56 bits per heavy atom. The van der Waals surface area contributed by atoms with Crippen LogP contribution in [0.3, 0.4) is 0 Å². The number of aliphatic hydroxyl groups is 3. The first-order valence-corrected chi connectivity index (χ1v) is 6.11. The molecule has 1 fully saturated rings. The van der Waals surface area contributed by atoms with Crippen LogP contribution in [0, 0.1) is 0 Å². The van der Waals surface area contributed by atoms with E-state index in [0.29, 0.717) is 6.61 Å². The van der Waals surface area contributed by atoms with Gasteiger partial charge in [0.2, 0.25) is 0 Å². The highest BCUT2D eigenvalue weighted by Crippen LogP contribution is 2.22. The van der Waals surface area contributed by atoms with Crippen molar-refractivity contribution in [2.45, 2.75) is 44.1 Å². The average Bonchev–Trinajstić information content (AvgIpc) is 2.37. The summed E-state index contributed by atoms with van der Waals surface area (Å²) in [6, 6.07) is 0. The van der Waals surface area contributed by atoms with Crippen LogP contribution in [0.25, 0.3) is 0 Å². The zero-order valence-corrected chi connectivity index (χ0v) is 10.6. The lowest BCUT2D eigenvalue weighted by Gasteiger charge is -2.40.